The van der Waals surface area contributed by atoms with Crippen molar-refractivity contribution in [3.05, 3.63) is 76.3 Å². The van der Waals surface area contributed by atoms with E-state index in [2.05, 4.69) is 39.5 Å². The summed E-state index contributed by atoms with van der Waals surface area (Å²) in [5.41, 5.74) is 2.71. The lowest BCUT2D eigenvalue weighted by Gasteiger charge is -2.26. The fourth-order valence-electron chi connectivity index (χ4n) is 4.16. The van der Waals surface area contributed by atoms with Crippen LogP contribution in [0.3, 0.4) is 0 Å². The van der Waals surface area contributed by atoms with Gasteiger partial charge in [0.15, 0.2) is 5.13 Å². The number of thiazole rings is 1. The maximum atomic E-state index is 12.8. The van der Waals surface area contributed by atoms with E-state index >= 15 is 0 Å². The molecule has 2 aliphatic rings. The molecule has 186 valence electrons. The van der Waals surface area contributed by atoms with Gasteiger partial charge in [0, 0.05) is 49.6 Å². The number of carbonyl (C=O) groups is 1. The third-order valence-electron chi connectivity index (χ3n) is 6.00. The van der Waals surface area contributed by atoms with Crippen LogP contribution in [0.25, 0.3) is 0 Å². The lowest BCUT2D eigenvalue weighted by atomic mass is 10.1. The van der Waals surface area contributed by atoms with Crippen LogP contribution in [0.2, 0.25) is 0 Å². The molecule has 0 unspecified atom stereocenters. The molecule has 0 aliphatic carbocycles. The van der Waals surface area contributed by atoms with Crippen molar-refractivity contribution in [3.8, 4) is 0 Å². The first-order valence-electron chi connectivity index (χ1n) is 11.2. The number of carbonyl (C=O) groups excluding carboxylic acids is 1. The average Bonchev–Trinajstić information content (AvgIpc) is 3.27. The number of ether oxygens (including phenoxy) is 1. The van der Waals surface area contributed by atoms with Gasteiger partial charge in [-0.25, -0.2) is 13.4 Å². The van der Waals surface area contributed by atoms with Crippen molar-refractivity contribution in [2.45, 2.75) is 24.4 Å². The molecule has 5 rings (SSSR count). The Kier molecular flexibility index (Phi) is 8.20. The maximum Gasteiger partial charge on any atom is 0.257 e. The Bertz CT molecular complexity index is 1260. The Morgan fingerprint density at radius 1 is 1.03 bits per heavy atom. The molecule has 1 saturated heterocycles. The van der Waals surface area contributed by atoms with Crippen LogP contribution < -0.4 is 5.32 Å². The standard InChI is InChI=1S/C24H26N4O4S2.ClH/c29-23(19-6-8-20(9-7-19)34(30,31)28-12-14-32-15-13-28)26-24-25-21-10-11-27(17-22(21)33-24)16-18-4-2-1-3-5-18;/h1-9H,10-17H2,(H,25,26,29);1H. The van der Waals surface area contributed by atoms with Gasteiger partial charge in [-0.3, -0.25) is 15.0 Å². The zero-order valence-corrected chi connectivity index (χ0v) is 21.5. The third-order valence-corrected chi connectivity index (χ3v) is 8.91. The summed E-state index contributed by atoms with van der Waals surface area (Å²) in [5.74, 6) is -0.303. The normalized spacial score (nSPS) is 16.8. The molecule has 1 N–H and O–H groups in total. The first-order chi connectivity index (χ1) is 16.5. The molecule has 35 heavy (non-hydrogen) atoms. The summed E-state index contributed by atoms with van der Waals surface area (Å²) in [6.07, 6.45) is 0.850. The Balaban J connectivity index is 0.00000289. The monoisotopic (exact) mass is 534 g/mol. The van der Waals surface area contributed by atoms with Crippen molar-refractivity contribution in [2.24, 2.45) is 0 Å². The summed E-state index contributed by atoms with van der Waals surface area (Å²) in [7, 11) is -3.59. The number of nitrogens with one attached hydrogen (secondary N) is 1. The van der Waals surface area contributed by atoms with Gasteiger partial charge in [-0.2, -0.15) is 4.31 Å². The second-order valence-electron chi connectivity index (χ2n) is 8.33. The third kappa shape index (κ3) is 5.91. The number of benzene rings is 2. The minimum absolute atomic E-state index is 0. The van der Waals surface area contributed by atoms with Crippen molar-refractivity contribution < 1.29 is 17.9 Å². The molecule has 3 aromatic rings. The number of amides is 1. The number of anilines is 1. The van der Waals surface area contributed by atoms with Gasteiger partial charge in [0.1, 0.15) is 0 Å². The van der Waals surface area contributed by atoms with E-state index in [-0.39, 0.29) is 23.2 Å². The van der Waals surface area contributed by atoms with Crippen LogP contribution in [-0.2, 0) is 34.3 Å². The van der Waals surface area contributed by atoms with Gasteiger partial charge in [-0.15, -0.1) is 23.7 Å². The molecular weight excluding hydrogens is 508 g/mol. The summed E-state index contributed by atoms with van der Waals surface area (Å²) in [5, 5.41) is 3.45. The molecule has 2 aliphatic heterocycles. The first kappa shape index (κ1) is 25.7. The van der Waals surface area contributed by atoms with E-state index in [0.717, 1.165) is 31.7 Å². The zero-order chi connectivity index (χ0) is 23.5. The number of morpholine rings is 1. The molecule has 8 nitrogen and oxygen atoms in total. The summed E-state index contributed by atoms with van der Waals surface area (Å²) >= 11 is 1.50. The van der Waals surface area contributed by atoms with E-state index in [1.54, 1.807) is 0 Å². The zero-order valence-electron chi connectivity index (χ0n) is 19.1. The summed E-state index contributed by atoms with van der Waals surface area (Å²) in [6.45, 7) is 4.08. The van der Waals surface area contributed by atoms with Crippen molar-refractivity contribution in [2.75, 3.05) is 38.2 Å². The van der Waals surface area contributed by atoms with Gasteiger partial charge in [0.05, 0.1) is 23.8 Å². The van der Waals surface area contributed by atoms with Crippen LogP contribution in [0, 0.1) is 0 Å². The van der Waals surface area contributed by atoms with Crippen LogP contribution in [0.4, 0.5) is 5.13 Å². The summed E-state index contributed by atoms with van der Waals surface area (Å²) in [6, 6.07) is 16.4. The van der Waals surface area contributed by atoms with Crippen molar-refractivity contribution in [1.29, 1.82) is 0 Å². The van der Waals surface area contributed by atoms with Crippen molar-refractivity contribution >= 4 is 44.8 Å². The molecule has 1 fully saturated rings. The number of sulfonamides is 1. The van der Waals surface area contributed by atoms with E-state index in [1.165, 1.54) is 50.3 Å². The van der Waals surface area contributed by atoms with Gasteiger partial charge in [0.25, 0.3) is 5.91 Å². The van der Waals surface area contributed by atoms with Gasteiger partial charge < -0.3 is 4.74 Å². The Morgan fingerprint density at radius 2 is 1.74 bits per heavy atom. The van der Waals surface area contributed by atoms with Crippen LogP contribution in [0.1, 0.15) is 26.5 Å². The number of rotatable bonds is 6. The Morgan fingerprint density at radius 3 is 2.46 bits per heavy atom. The fourth-order valence-corrected chi connectivity index (χ4v) is 6.62. The molecule has 3 heterocycles. The van der Waals surface area contributed by atoms with Gasteiger partial charge in [-0.1, -0.05) is 30.3 Å². The minimum atomic E-state index is -3.59. The van der Waals surface area contributed by atoms with Crippen molar-refractivity contribution in [3.63, 3.8) is 0 Å². The lowest BCUT2D eigenvalue weighted by Crippen LogP contribution is -2.40. The largest absolute Gasteiger partial charge is 0.379 e. The van der Waals surface area contributed by atoms with E-state index < -0.39 is 10.0 Å². The summed E-state index contributed by atoms with van der Waals surface area (Å²) < 4.78 is 32.2. The van der Waals surface area contributed by atoms with E-state index in [1.807, 2.05) is 6.07 Å². The van der Waals surface area contributed by atoms with Crippen LogP contribution in [-0.4, -0.2) is 61.4 Å². The number of halogens is 1. The first-order valence-corrected chi connectivity index (χ1v) is 13.5. The highest BCUT2D eigenvalue weighted by atomic mass is 35.5. The predicted octanol–water partition coefficient (Wildman–Crippen LogP) is 3.40. The molecule has 0 radical (unpaired) electrons. The fraction of sp³-hybridized carbons (Fsp3) is 0.333. The molecule has 2 aromatic carbocycles. The number of fused-ring (bicyclic) bond motifs is 1. The molecule has 0 spiro atoms. The van der Waals surface area contributed by atoms with E-state index in [0.29, 0.717) is 37.0 Å². The number of hydrogen-bond acceptors (Lipinski definition) is 7. The topological polar surface area (TPSA) is 91.8 Å². The van der Waals surface area contributed by atoms with Gasteiger partial charge in [-0.05, 0) is 29.8 Å². The van der Waals surface area contributed by atoms with Gasteiger partial charge >= 0.3 is 0 Å². The number of hydrogen-bond donors (Lipinski definition) is 1. The van der Waals surface area contributed by atoms with Crippen molar-refractivity contribution in [1.82, 2.24) is 14.2 Å². The quantitative estimate of drug-likeness (QED) is 0.521. The number of nitrogens with zero attached hydrogens (tertiary/aromatic N) is 3. The predicted molar refractivity (Wildman–Crippen MR) is 138 cm³/mol. The molecule has 1 aromatic heterocycles. The van der Waals surface area contributed by atoms with Crippen LogP contribution in [0.15, 0.2) is 59.5 Å². The summed E-state index contributed by atoms with van der Waals surface area (Å²) in [4.78, 5) is 21.1. The SMILES string of the molecule is Cl.O=C(Nc1nc2c(s1)CN(Cc1ccccc1)CC2)c1ccc(S(=O)(=O)N2CCOCC2)cc1. The van der Waals surface area contributed by atoms with E-state index in [4.69, 9.17) is 4.74 Å². The molecule has 0 bridgehead atoms. The molecule has 0 atom stereocenters. The van der Waals surface area contributed by atoms with E-state index in [9.17, 15) is 13.2 Å². The van der Waals surface area contributed by atoms with Gasteiger partial charge in [0.2, 0.25) is 10.0 Å². The highest BCUT2D eigenvalue weighted by molar-refractivity contribution is 7.89. The highest BCUT2D eigenvalue weighted by Crippen LogP contribution is 2.29. The molecule has 11 heteroatoms. The smallest absolute Gasteiger partial charge is 0.257 e. The maximum absolute atomic E-state index is 12.8. The van der Waals surface area contributed by atoms with Crippen LogP contribution >= 0.6 is 23.7 Å². The molecule has 1 amide bonds. The second-order valence-corrected chi connectivity index (χ2v) is 11.4. The number of aromatic nitrogens is 1. The minimum Gasteiger partial charge on any atom is -0.379 e. The molecule has 0 saturated carbocycles. The second kappa shape index (κ2) is 11.2. The average molecular weight is 535 g/mol. The molecular formula is C24H27ClN4O4S2. The Hall–Kier alpha value is -2.34. The Labute approximate surface area is 215 Å². The highest BCUT2D eigenvalue weighted by Gasteiger charge is 2.26. The van der Waals surface area contributed by atoms with Crippen LogP contribution in [0.5, 0.6) is 0 Å². The lowest BCUT2D eigenvalue weighted by molar-refractivity contribution is 0.0730.